The maximum absolute atomic E-state index is 13.9. The Balaban J connectivity index is 2.27. The monoisotopic (exact) mass is 495 g/mol. The molecule has 0 aromatic heterocycles. The van der Waals surface area contributed by atoms with Crippen LogP contribution in [0.3, 0.4) is 0 Å². The van der Waals surface area contributed by atoms with E-state index in [1.165, 1.54) is 0 Å². The largest absolute Gasteiger partial charge is 0.491 e. The van der Waals surface area contributed by atoms with Crippen molar-refractivity contribution in [1.29, 1.82) is 0 Å². The first kappa shape index (κ1) is 29.6. The molecule has 0 bridgehead atoms. The van der Waals surface area contributed by atoms with Crippen molar-refractivity contribution < 1.29 is 46.2 Å². The third-order valence-corrected chi connectivity index (χ3v) is 5.01. The first-order valence-corrected chi connectivity index (χ1v) is 11.2. The Morgan fingerprint density at radius 1 is 0.941 bits per heavy atom. The summed E-state index contributed by atoms with van der Waals surface area (Å²) in [6.45, 7) is 0.0403. The van der Waals surface area contributed by atoms with Crippen LogP contribution in [0.1, 0.15) is 50.5 Å². The van der Waals surface area contributed by atoms with E-state index >= 15 is 0 Å². The zero-order valence-electron chi connectivity index (χ0n) is 20.2. The number of aliphatic carboxylic acids is 1. The Hall–Kier alpha value is -2.40. The number of methoxy groups -OCH3 is 1. The minimum atomic E-state index is -1.60. The van der Waals surface area contributed by atoms with E-state index in [9.17, 15) is 27.2 Å². The number of halogens is 4. The molecule has 0 saturated heterocycles. The number of quaternary nitrogens is 1. The number of nitrogens with zero attached hydrogens (tertiary/aromatic N) is 1. The van der Waals surface area contributed by atoms with Gasteiger partial charge in [0.15, 0.2) is 17.4 Å². The van der Waals surface area contributed by atoms with Crippen molar-refractivity contribution in [3.05, 3.63) is 28.8 Å². The van der Waals surface area contributed by atoms with Gasteiger partial charge in [0, 0.05) is 13.0 Å². The molecule has 11 heteroatoms. The van der Waals surface area contributed by atoms with Crippen LogP contribution in [0.2, 0.25) is 0 Å². The van der Waals surface area contributed by atoms with Gasteiger partial charge in [0.25, 0.3) is 0 Å². The smallest absolute Gasteiger partial charge is 0.305 e. The quantitative estimate of drug-likeness (QED) is 0.158. The van der Waals surface area contributed by atoms with Crippen molar-refractivity contribution >= 4 is 11.9 Å². The number of ether oxygens (including phenoxy) is 2. The van der Waals surface area contributed by atoms with Gasteiger partial charge in [0.2, 0.25) is 17.5 Å². The number of carboxylic acids is 1. The molecule has 0 aliphatic rings. The van der Waals surface area contributed by atoms with Gasteiger partial charge in [-0.05, 0) is 12.8 Å². The van der Waals surface area contributed by atoms with Crippen LogP contribution >= 0.6 is 0 Å². The Morgan fingerprint density at radius 3 is 2.03 bits per heavy atom. The minimum Gasteiger partial charge on any atom is -0.491 e. The van der Waals surface area contributed by atoms with Crippen LogP contribution in [0.15, 0.2) is 0 Å². The predicted octanol–water partition coefficient (Wildman–Crippen LogP) is 3.77. The highest BCUT2D eigenvalue weighted by Gasteiger charge is 2.26. The topological polar surface area (TPSA) is 84.9 Å². The Morgan fingerprint density at radius 2 is 1.50 bits per heavy atom. The summed E-state index contributed by atoms with van der Waals surface area (Å²) in [5.74, 6) is -8.55. The zero-order valence-corrected chi connectivity index (χ0v) is 20.2. The number of carbonyl (C=O) groups excluding carboxylic acids is 1. The van der Waals surface area contributed by atoms with E-state index in [2.05, 4.69) is 10.1 Å². The van der Waals surface area contributed by atoms with Gasteiger partial charge in [-0.15, -0.1) is 0 Å². The van der Waals surface area contributed by atoms with Crippen molar-refractivity contribution in [2.75, 3.05) is 41.4 Å². The lowest BCUT2D eigenvalue weighted by Gasteiger charge is -2.29. The van der Waals surface area contributed by atoms with E-state index in [-0.39, 0.29) is 25.4 Å². The minimum absolute atomic E-state index is 0.134. The van der Waals surface area contributed by atoms with Crippen molar-refractivity contribution in [2.45, 2.75) is 57.6 Å². The molecule has 0 spiro atoms. The fourth-order valence-electron chi connectivity index (χ4n) is 3.49. The van der Waals surface area contributed by atoms with Gasteiger partial charge < -0.3 is 24.4 Å². The Labute approximate surface area is 197 Å². The van der Waals surface area contributed by atoms with E-state index < -0.39 is 53.2 Å². The second-order valence-corrected chi connectivity index (χ2v) is 9.17. The van der Waals surface area contributed by atoms with Crippen molar-refractivity contribution in [1.82, 2.24) is 5.32 Å². The molecule has 194 valence electrons. The Bertz CT molecular complexity index is 802. The molecule has 0 heterocycles. The van der Waals surface area contributed by atoms with Gasteiger partial charge >= 0.3 is 5.97 Å². The maximum atomic E-state index is 13.9. The van der Waals surface area contributed by atoms with E-state index in [1.54, 1.807) is 0 Å². The van der Waals surface area contributed by atoms with Crippen molar-refractivity contribution in [3.8, 4) is 5.75 Å². The fourth-order valence-corrected chi connectivity index (χ4v) is 3.49. The van der Waals surface area contributed by atoms with Crippen LogP contribution in [-0.4, -0.2) is 68.9 Å². The summed E-state index contributed by atoms with van der Waals surface area (Å²) in [4.78, 5) is 23.1. The van der Waals surface area contributed by atoms with Crippen LogP contribution in [0.25, 0.3) is 0 Å². The average Bonchev–Trinajstić information content (AvgIpc) is 2.72. The number of hydrogen-bond donors (Lipinski definition) is 2. The average molecular weight is 496 g/mol. The summed E-state index contributed by atoms with van der Waals surface area (Å²) in [7, 11) is 6.67. The maximum Gasteiger partial charge on any atom is 0.305 e. The lowest BCUT2D eigenvalue weighted by molar-refractivity contribution is -0.871. The van der Waals surface area contributed by atoms with Gasteiger partial charge in [-0.3, -0.25) is 9.59 Å². The van der Waals surface area contributed by atoms with Crippen LogP contribution in [0.5, 0.6) is 5.75 Å². The molecule has 0 aliphatic heterocycles. The Kier molecular flexibility index (Phi) is 12.3. The summed E-state index contributed by atoms with van der Waals surface area (Å²) in [5.41, 5.74) is -0.826. The number of amides is 1. The van der Waals surface area contributed by atoms with Gasteiger partial charge in [0.05, 0.1) is 59.4 Å². The van der Waals surface area contributed by atoms with Crippen LogP contribution in [-0.2, 0) is 20.9 Å². The molecule has 0 radical (unpaired) electrons. The van der Waals surface area contributed by atoms with E-state index in [1.807, 2.05) is 21.1 Å². The molecule has 1 rings (SSSR count). The van der Waals surface area contributed by atoms with E-state index in [0.717, 1.165) is 26.4 Å². The van der Waals surface area contributed by atoms with Crippen LogP contribution in [0.4, 0.5) is 17.6 Å². The molecule has 0 fully saturated rings. The molecule has 1 aromatic carbocycles. The molecule has 7 nitrogen and oxygen atoms in total. The van der Waals surface area contributed by atoms with Crippen LogP contribution in [0, 0.1) is 23.3 Å². The lowest BCUT2D eigenvalue weighted by atomic mass is 10.1. The predicted molar refractivity (Wildman–Crippen MR) is 117 cm³/mol. The van der Waals surface area contributed by atoms with Crippen molar-refractivity contribution in [3.63, 3.8) is 0 Å². The molecular weight excluding hydrogens is 460 g/mol. The second kappa shape index (κ2) is 14.1. The van der Waals surface area contributed by atoms with E-state index in [4.69, 9.17) is 9.84 Å². The SMILES string of the molecule is COc1c(F)c(F)c(COCCCCCCCC(=O)N[C@H](CC(=O)O)C[N+](C)(C)C)c(F)c1F. The summed E-state index contributed by atoms with van der Waals surface area (Å²) >= 11 is 0. The number of likely N-dealkylation sites (N-methyl/N-ethyl adjacent to an activating group) is 1. The lowest BCUT2D eigenvalue weighted by Crippen LogP contribution is -2.49. The molecular formula is C23H35F4N2O5+. The number of benzene rings is 1. The fraction of sp³-hybridized carbons (Fsp3) is 0.652. The molecule has 1 atom stereocenters. The van der Waals surface area contributed by atoms with Gasteiger partial charge in [0.1, 0.15) is 0 Å². The molecule has 0 saturated carbocycles. The van der Waals surface area contributed by atoms with Gasteiger partial charge in [-0.2, -0.15) is 8.78 Å². The summed E-state index contributed by atoms with van der Waals surface area (Å²) in [6, 6.07) is -0.440. The first-order valence-electron chi connectivity index (χ1n) is 11.2. The number of carbonyl (C=O) groups is 2. The number of nitrogens with one attached hydrogen (secondary N) is 1. The molecule has 2 N–H and O–H groups in total. The molecule has 0 unspecified atom stereocenters. The molecule has 1 amide bonds. The summed E-state index contributed by atoms with van der Waals surface area (Å²) < 4.78 is 65.2. The highest BCUT2D eigenvalue weighted by atomic mass is 19.2. The number of hydrogen-bond acceptors (Lipinski definition) is 4. The summed E-state index contributed by atoms with van der Waals surface area (Å²) in [6.07, 6.45) is 3.66. The van der Waals surface area contributed by atoms with Gasteiger partial charge in [-0.1, -0.05) is 19.3 Å². The third kappa shape index (κ3) is 10.3. The highest BCUT2D eigenvalue weighted by molar-refractivity contribution is 5.77. The highest BCUT2D eigenvalue weighted by Crippen LogP contribution is 2.30. The molecule has 0 aliphatic carbocycles. The summed E-state index contributed by atoms with van der Waals surface area (Å²) in [5, 5.41) is 11.8. The van der Waals surface area contributed by atoms with E-state index in [0.29, 0.717) is 23.9 Å². The van der Waals surface area contributed by atoms with Crippen LogP contribution < -0.4 is 10.1 Å². The van der Waals surface area contributed by atoms with Crippen molar-refractivity contribution in [2.24, 2.45) is 0 Å². The second-order valence-electron chi connectivity index (χ2n) is 9.17. The normalized spacial score (nSPS) is 12.5. The zero-order chi connectivity index (χ0) is 25.9. The van der Waals surface area contributed by atoms with Gasteiger partial charge in [-0.25, -0.2) is 8.78 Å². The first-order chi connectivity index (χ1) is 15.9. The number of carboxylic acid groups (broad SMARTS) is 1. The molecule has 34 heavy (non-hydrogen) atoms. The molecule has 1 aromatic rings. The standard InChI is InChI=1S/C23H34F4N2O5/c1-29(2,3)13-15(12-18(31)32)28-17(30)10-8-6-5-7-9-11-34-14-16-19(24)21(26)23(33-4)22(27)20(16)25/h15H,5-14H2,1-4H3,(H-,28,30,31,32)/p+1/t15-/m1/s1. The number of rotatable bonds is 16. The number of unbranched alkanes of at least 4 members (excludes halogenated alkanes) is 4. The third-order valence-electron chi connectivity index (χ3n) is 5.01.